The summed E-state index contributed by atoms with van der Waals surface area (Å²) in [5, 5.41) is 2.64. The molecule has 0 amide bonds. The van der Waals surface area contributed by atoms with Crippen LogP contribution >= 0.6 is 0 Å². The molecule has 1 aliphatic carbocycles. The first-order valence-electron chi connectivity index (χ1n) is 5.85. The van der Waals surface area contributed by atoms with Gasteiger partial charge in [-0.3, -0.25) is 4.99 Å². The number of nitrogens with two attached hydrogens (primary N) is 2. The average molecular weight is 239 g/mol. The number of aliphatic imine (C=N–C) groups is 1. The van der Waals surface area contributed by atoms with Gasteiger partial charge in [0.25, 0.3) is 0 Å². The van der Waals surface area contributed by atoms with Crippen LogP contribution in [-0.4, -0.2) is 13.4 Å². The summed E-state index contributed by atoms with van der Waals surface area (Å²) in [6, 6.07) is 12.8. The van der Waals surface area contributed by atoms with Crippen molar-refractivity contribution in [3.05, 3.63) is 53.2 Å². The summed E-state index contributed by atoms with van der Waals surface area (Å²) < 4.78 is 0. The van der Waals surface area contributed by atoms with Crippen molar-refractivity contribution in [1.29, 1.82) is 0 Å². The van der Waals surface area contributed by atoms with E-state index >= 15 is 0 Å². The van der Waals surface area contributed by atoms with Gasteiger partial charge < -0.3 is 11.5 Å². The summed E-state index contributed by atoms with van der Waals surface area (Å²) in [5.74, 6) is 0. The molecule has 0 spiro atoms. The van der Waals surface area contributed by atoms with Gasteiger partial charge in [0.15, 0.2) is 0 Å². The van der Waals surface area contributed by atoms with Gasteiger partial charge in [-0.2, -0.15) is 0 Å². The molecule has 0 radical (unpaired) electrons. The molecule has 92 valence electrons. The maximum Gasteiger partial charge on any atom is 0.0794 e. The summed E-state index contributed by atoms with van der Waals surface area (Å²) in [7, 11) is 1.62. The summed E-state index contributed by atoms with van der Waals surface area (Å²) in [5.41, 5.74) is 14.2. The van der Waals surface area contributed by atoms with Crippen LogP contribution in [0.5, 0.6) is 0 Å². The molecule has 18 heavy (non-hydrogen) atoms. The molecule has 0 unspecified atom stereocenters. The highest BCUT2D eigenvalue weighted by molar-refractivity contribution is 5.90. The predicted octanol–water partition coefficient (Wildman–Crippen LogP) is 2.30. The van der Waals surface area contributed by atoms with Gasteiger partial charge in [-0.1, -0.05) is 36.4 Å². The first-order chi connectivity index (χ1) is 8.76. The fourth-order valence-electron chi connectivity index (χ4n) is 2.14. The second kappa shape index (κ2) is 5.36. The molecule has 3 rings (SSSR count). The Bertz CT molecular complexity index is 608. The molecule has 1 aliphatic rings. The minimum Gasteiger partial charge on any atom is -0.402 e. The summed E-state index contributed by atoms with van der Waals surface area (Å²) in [6.45, 7) is 0. The Balaban J connectivity index is 0.000000267. The van der Waals surface area contributed by atoms with E-state index in [1.54, 1.807) is 7.05 Å². The zero-order valence-electron chi connectivity index (χ0n) is 10.4. The number of hydrogen-bond acceptors (Lipinski definition) is 2. The van der Waals surface area contributed by atoms with Crippen LogP contribution in [0.15, 0.2) is 47.1 Å². The monoisotopic (exact) mass is 239 g/mol. The highest BCUT2D eigenvalue weighted by Crippen LogP contribution is 2.29. The van der Waals surface area contributed by atoms with E-state index in [1.165, 1.54) is 28.2 Å². The van der Waals surface area contributed by atoms with Gasteiger partial charge in [0.05, 0.1) is 6.34 Å². The lowest BCUT2D eigenvalue weighted by atomic mass is 10.0. The molecule has 2 aromatic carbocycles. The number of rotatable bonds is 0. The standard InChI is InChI=1S/C13H11N.C2H6N2/c14-11-7-10-6-5-9-3-1-2-4-12(9)13(10)8-11;1-4-2-3/h1-7H,8,14H2;2H,1H3,(H2,3,4). The third kappa shape index (κ3) is 2.35. The molecule has 3 heteroatoms. The number of allylic oxidation sites excluding steroid dienone is 1. The number of benzene rings is 2. The minimum absolute atomic E-state index is 0.899. The molecule has 0 atom stereocenters. The lowest BCUT2D eigenvalue weighted by Crippen LogP contribution is -1.95. The Labute approximate surface area is 107 Å². The van der Waals surface area contributed by atoms with Crippen molar-refractivity contribution in [2.45, 2.75) is 6.42 Å². The van der Waals surface area contributed by atoms with Crippen LogP contribution in [0.25, 0.3) is 16.8 Å². The van der Waals surface area contributed by atoms with E-state index in [4.69, 9.17) is 11.5 Å². The van der Waals surface area contributed by atoms with E-state index in [0.29, 0.717) is 0 Å². The van der Waals surface area contributed by atoms with Crippen molar-refractivity contribution >= 4 is 23.2 Å². The van der Waals surface area contributed by atoms with Crippen molar-refractivity contribution < 1.29 is 0 Å². The maximum atomic E-state index is 5.84. The quantitative estimate of drug-likeness (QED) is 0.547. The van der Waals surface area contributed by atoms with Gasteiger partial charge in [-0.25, -0.2) is 0 Å². The zero-order valence-corrected chi connectivity index (χ0v) is 10.4. The fourth-order valence-corrected chi connectivity index (χ4v) is 2.14. The third-order valence-corrected chi connectivity index (χ3v) is 2.95. The van der Waals surface area contributed by atoms with Gasteiger partial charge in [-0.15, -0.1) is 0 Å². The van der Waals surface area contributed by atoms with E-state index in [9.17, 15) is 0 Å². The van der Waals surface area contributed by atoms with Crippen LogP contribution in [0.1, 0.15) is 11.1 Å². The van der Waals surface area contributed by atoms with Crippen molar-refractivity contribution in [3.8, 4) is 0 Å². The topological polar surface area (TPSA) is 64.4 Å². The van der Waals surface area contributed by atoms with E-state index in [-0.39, 0.29) is 0 Å². The Morgan fingerprint density at radius 1 is 1.17 bits per heavy atom. The van der Waals surface area contributed by atoms with E-state index < -0.39 is 0 Å². The van der Waals surface area contributed by atoms with E-state index in [0.717, 1.165) is 12.1 Å². The van der Waals surface area contributed by atoms with Crippen LogP contribution in [0.3, 0.4) is 0 Å². The molecule has 0 heterocycles. The Morgan fingerprint density at radius 2 is 1.89 bits per heavy atom. The number of fused-ring (bicyclic) bond motifs is 3. The normalized spacial score (nSPS) is 13.1. The molecule has 0 bridgehead atoms. The minimum atomic E-state index is 0.899. The second-order valence-corrected chi connectivity index (χ2v) is 4.16. The van der Waals surface area contributed by atoms with Crippen LogP contribution in [-0.2, 0) is 6.42 Å². The fraction of sp³-hybridized carbons (Fsp3) is 0.133. The average Bonchev–Trinajstić information content (AvgIpc) is 2.80. The lowest BCUT2D eigenvalue weighted by molar-refractivity contribution is 1.17. The van der Waals surface area contributed by atoms with Crippen molar-refractivity contribution in [1.82, 2.24) is 0 Å². The molecule has 4 N–H and O–H groups in total. The first-order valence-corrected chi connectivity index (χ1v) is 5.85. The zero-order chi connectivity index (χ0) is 13.0. The highest BCUT2D eigenvalue weighted by atomic mass is 14.7. The van der Waals surface area contributed by atoms with Crippen LogP contribution < -0.4 is 11.5 Å². The van der Waals surface area contributed by atoms with Crippen LogP contribution in [0.2, 0.25) is 0 Å². The molecule has 0 saturated carbocycles. The Morgan fingerprint density at radius 3 is 2.61 bits per heavy atom. The van der Waals surface area contributed by atoms with Gasteiger partial charge >= 0.3 is 0 Å². The van der Waals surface area contributed by atoms with Crippen molar-refractivity contribution in [2.24, 2.45) is 16.5 Å². The van der Waals surface area contributed by atoms with E-state index in [1.807, 2.05) is 0 Å². The molecule has 0 saturated heterocycles. The number of nitrogens with zero attached hydrogens (tertiary/aromatic N) is 1. The predicted molar refractivity (Wildman–Crippen MR) is 78.4 cm³/mol. The van der Waals surface area contributed by atoms with E-state index in [2.05, 4.69) is 47.5 Å². The van der Waals surface area contributed by atoms with Gasteiger partial charge in [0, 0.05) is 19.2 Å². The first kappa shape index (κ1) is 12.2. The molecule has 2 aromatic rings. The largest absolute Gasteiger partial charge is 0.402 e. The highest BCUT2D eigenvalue weighted by Gasteiger charge is 2.12. The Hall–Kier alpha value is -2.29. The van der Waals surface area contributed by atoms with Crippen molar-refractivity contribution in [3.63, 3.8) is 0 Å². The summed E-state index contributed by atoms with van der Waals surface area (Å²) in [6.07, 6.45) is 4.22. The Kier molecular flexibility index (Phi) is 3.63. The van der Waals surface area contributed by atoms with Crippen molar-refractivity contribution in [2.75, 3.05) is 7.05 Å². The number of hydrogen-bond donors (Lipinski definition) is 2. The second-order valence-electron chi connectivity index (χ2n) is 4.16. The van der Waals surface area contributed by atoms with Gasteiger partial charge in [0.2, 0.25) is 0 Å². The van der Waals surface area contributed by atoms with Gasteiger partial charge in [-0.05, 0) is 28.0 Å². The molecule has 3 nitrogen and oxygen atoms in total. The molecule has 0 aromatic heterocycles. The SMILES string of the molecule is CN=CN.NC1=Cc2ccc3ccccc3c2C1. The van der Waals surface area contributed by atoms with Crippen LogP contribution in [0, 0.1) is 0 Å². The third-order valence-electron chi connectivity index (χ3n) is 2.95. The lowest BCUT2D eigenvalue weighted by Gasteiger charge is -2.04. The maximum absolute atomic E-state index is 5.84. The molecular weight excluding hydrogens is 222 g/mol. The molecular formula is C15H17N3. The smallest absolute Gasteiger partial charge is 0.0794 e. The summed E-state index contributed by atoms with van der Waals surface area (Å²) >= 11 is 0. The summed E-state index contributed by atoms with van der Waals surface area (Å²) in [4.78, 5) is 3.39. The van der Waals surface area contributed by atoms with Gasteiger partial charge in [0.1, 0.15) is 0 Å². The molecule has 0 fully saturated rings. The molecule has 0 aliphatic heterocycles. The van der Waals surface area contributed by atoms with Crippen LogP contribution in [0.4, 0.5) is 0 Å².